The molecule has 0 aromatic carbocycles. The Morgan fingerprint density at radius 3 is 2.10 bits per heavy atom. The summed E-state index contributed by atoms with van der Waals surface area (Å²) in [5.41, 5.74) is 0. The van der Waals surface area contributed by atoms with Gasteiger partial charge in [0.2, 0.25) is 0 Å². The van der Waals surface area contributed by atoms with Crippen LogP contribution in [0.25, 0.3) is 0 Å². The minimum absolute atomic E-state index is 0.663. The van der Waals surface area contributed by atoms with Crippen LogP contribution in [0.2, 0.25) is 0 Å². The summed E-state index contributed by atoms with van der Waals surface area (Å²) in [5, 5.41) is 0. The molecule has 3 nitrogen and oxygen atoms in total. The van der Waals surface area contributed by atoms with E-state index in [1.165, 1.54) is 14.2 Å². The maximum atomic E-state index is 9.45. The van der Waals surface area contributed by atoms with Crippen LogP contribution in [-0.2, 0) is 9.05 Å². The van der Waals surface area contributed by atoms with Crippen molar-refractivity contribution in [1.82, 2.24) is 0 Å². The Morgan fingerprint density at radius 2 is 1.80 bits per heavy atom. The molecule has 0 spiro atoms. The molecule has 0 amide bonds. The second-order valence-corrected chi connectivity index (χ2v) is 4.97. The van der Waals surface area contributed by atoms with Crippen molar-refractivity contribution in [2.45, 2.75) is 19.8 Å². The fourth-order valence-electron chi connectivity index (χ4n) is 0.688. The van der Waals surface area contributed by atoms with Crippen LogP contribution < -0.4 is 0 Å². The fraction of sp³-hybridized carbons (Fsp3) is 1.00. The van der Waals surface area contributed by atoms with Gasteiger partial charge in [0.15, 0.2) is 0 Å². The van der Waals surface area contributed by atoms with Crippen LogP contribution in [0.1, 0.15) is 19.8 Å². The summed E-state index contributed by atoms with van der Waals surface area (Å²) >= 11 is 0. The Hall–Kier alpha value is 0.310. The Bertz CT molecular complexity index is 83.1. The van der Waals surface area contributed by atoms with Gasteiger partial charge in [-0.3, -0.25) is 0 Å². The number of hydrogen-bond acceptors (Lipinski definition) is 3. The van der Waals surface area contributed by atoms with E-state index < -0.39 is 7.94 Å². The van der Waals surface area contributed by atoms with Crippen molar-refractivity contribution in [3.05, 3.63) is 0 Å². The quantitative estimate of drug-likeness (QED) is 0.633. The molecule has 0 rings (SSSR count). The molecule has 0 aromatic heterocycles. The standard InChI is InChI=1S/C6H17O3P/c1-4-5-6-10(7,8-2)9-3/h7,10H,4-6H2,1-3H3. The molecule has 64 valence electrons. The molecule has 0 aromatic rings. The zero-order valence-electron chi connectivity index (χ0n) is 6.89. The van der Waals surface area contributed by atoms with Crippen LogP contribution in [0.5, 0.6) is 0 Å². The number of rotatable bonds is 5. The minimum atomic E-state index is -2.72. The molecule has 0 radical (unpaired) electrons. The Kier molecular flexibility index (Phi) is 5.18. The van der Waals surface area contributed by atoms with E-state index in [2.05, 4.69) is 6.92 Å². The van der Waals surface area contributed by atoms with Crippen molar-refractivity contribution in [3.63, 3.8) is 0 Å². The third-order valence-corrected chi connectivity index (χ3v) is 3.75. The molecule has 0 saturated carbocycles. The second kappa shape index (κ2) is 5.03. The molecule has 0 aliphatic carbocycles. The normalized spacial score (nSPS) is 13.6. The van der Waals surface area contributed by atoms with Gasteiger partial charge in [-0.25, -0.2) is 0 Å². The van der Waals surface area contributed by atoms with Gasteiger partial charge in [0.1, 0.15) is 0 Å². The van der Waals surface area contributed by atoms with Crippen molar-refractivity contribution < 1.29 is 13.9 Å². The molecular formula is C6H17O3P. The van der Waals surface area contributed by atoms with Crippen molar-refractivity contribution >= 4 is 7.94 Å². The monoisotopic (exact) mass is 168 g/mol. The molecule has 0 heterocycles. The predicted molar refractivity (Wildman–Crippen MR) is 44.3 cm³/mol. The Balaban J connectivity index is 3.58. The maximum absolute atomic E-state index is 9.45. The van der Waals surface area contributed by atoms with Crippen LogP contribution in [0.4, 0.5) is 0 Å². The van der Waals surface area contributed by atoms with Crippen LogP contribution in [0, 0.1) is 0 Å². The van der Waals surface area contributed by atoms with E-state index in [1.807, 2.05) is 0 Å². The summed E-state index contributed by atoms with van der Waals surface area (Å²) in [6.45, 7) is 2.07. The van der Waals surface area contributed by atoms with E-state index in [4.69, 9.17) is 9.05 Å². The first-order valence-corrected chi connectivity index (χ1v) is 5.48. The van der Waals surface area contributed by atoms with Gasteiger partial charge < -0.3 is 0 Å². The molecule has 1 N–H and O–H groups in total. The molecule has 4 heteroatoms. The third kappa shape index (κ3) is 3.47. The van der Waals surface area contributed by atoms with Gasteiger partial charge in [0, 0.05) is 0 Å². The van der Waals surface area contributed by atoms with Gasteiger partial charge in [0.05, 0.1) is 0 Å². The zero-order valence-corrected chi connectivity index (χ0v) is 7.89. The van der Waals surface area contributed by atoms with Gasteiger partial charge in [0.25, 0.3) is 0 Å². The Morgan fingerprint density at radius 1 is 1.30 bits per heavy atom. The van der Waals surface area contributed by atoms with E-state index >= 15 is 0 Å². The average Bonchev–Trinajstić information content (AvgIpc) is 2.00. The van der Waals surface area contributed by atoms with E-state index in [0.717, 1.165) is 12.8 Å². The molecular weight excluding hydrogens is 151 g/mol. The first-order chi connectivity index (χ1) is 4.68. The number of unbranched alkanes of at least 4 members (excludes halogenated alkanes) is 1. The third-order valence-electron chi connectivity index (χ3n) is 1.48. The molecule has 0 aliphatic heterocycles. The van der Waals surface area contributed by atoms with Gasteiger partial charge in [-0.2, -0.15) is 0 Å². The van der Waals surface area contributed by atoms with Crippen LogP contribution in [0.15, 0.2) is 0 Å². The predicted octanol–water partition coefficient (Wildman–Crippen LogP) is 1.57. The molecule has 0 saturated heterocycles. The summed E-state index contributed by atoms with van der Waals surface area (Å²) in [6.07, 6.45) is 2.68. The van der Waals surface area contributed by atoms with Crippen LogP contribution in [0.3, 0.4) is 0 Å². The molecule has 0 bridgehead atoms. The van der Waals surface area contributed by atoms with Gasteiger partial charge >= 0.3 is 62.0 Å². The van der Waals surface area contributed by atoms with Gasteiger partial charge in [-0.05, 0) is 0 Å². The molecule has 10 heavy (non-hydrogen) atoms. The molecule has 0 fully saturated rings. The average molecular weight is 168 g/mol. The summed E-state index contributed by atoms with van der Waals surface area (Å²) in [6, 6.07) is 0. The van der Waals surface area contributed by atoms with Gasteiger partial charge in [-0.15, -0.1) is 0 Å². The topological polar surface area (TPSA) is 38.7 Å². The summed E-state index contributed by atoms with van der Waals surface area (Å²) in [7, 11) is 0.265. The summed E-state index contributed by atoms with van der Waals surface area (Å²) in [4.78, 5) is 9.45. The number of hydrogen-bond donors (Lipinski definition) is 1. The molecule has 0 atom stereocenters. The zero-order chi connectivity index (χ0) is 8.04. The van der Waals surface area contributed by atoms with E-state index in [9.17, 15) is 4.89 Å². The van der Waals surface area contributed by atoms with Crippen molar-refractivity contribution in [3.8, 4) is 0 Å². The van der Waals surface area contributed by atoms with Crippen LogP contribution >= 0.6 is 7.94 Å². The second-order valence-electron chi connectivity index (χ2n) is 2.22. The van der Waals surface area contributed by atoms with E-state index in [1.54, 1.807) is 0 Å². The SMILES string of the molecule is CCCC[PH](O)(OC)OC. The van der Waals surface area contributed by atoms with Crippen molar-refractivity contribution in [2.24, 2.45) is 0 Å². The summed E-state index contributed by atoms with van der Waals surface area (Å²) in [5.74, 6) is 0. The molecule has 0 unspecified atom stereocenters. The first kappa shape index (κ1) is 10.3. The van der Waals surface area contributed by atoms with E-state index in [-0.39, 0.29) is 0 Å². The van der Waals surface area contributed by atoms with Crippen molar-refractivity contribution in [2.75, 3.05) is 20.4 Å². The summed E-state index contributed by atoms with van der Waals surface area (Å²) < 4.78 is 9.72. The fourth-order valence-corrected chi connectivity index (χ4v) is 2.06. The van der Waals surface area contributed by atoms with Crippen molar-refractivity contribution in [1.29, 1.82) is 0 Å². The van der Waals surface area contributed by atoms with Gasteiger partial charge in [-0.1, -0.05) is 0 Å². The Labute approximate surface area is 62.9 Å². The van der Waals surface area contributed by atoms with E-state index in [0.29, 0.717) is 6.16 Å². The van der Waals surface area contributed by atoms with Crippen LogP contribution in [-0.4, -0.2) is 25.3 Å². The molecule has 0 aliphatic rings. The first-order valence-electron chi connectivity index (χ1n) is 3.51.